The fourth-order valence-electron chi connectivity index (χ4n) is 1.50. The highest BCUT2D eigenvalue weighted by Crippen LogP contribution is 2.15. The van der Waals surface area contributed by atoms with Crippen molar-refractivity contribution in [3.05, 3.63) is 20.8 Å². The standard InChI is InChI=1S/C9H10N4O4S/c1-12-6-5(7(16)13(2)9(12)17)10-8(11-6)18-3-4(14)15/h3H2,1-2H3,(H,10,11)(H,14,15)/p-1. The summed E-state index contributed by atoms with van der Waals surface area (Å²) < 4.78 is 2.17. The molecule has 1 N–H and O–H groups in total. The molecule has 0 aliphatic carbocycles. The minimum Gasteiger partial charge on any atom is -0.549 e. The molecular formula is C9H9N4O4S-. The van der Waals surface area contributed by atoms with Gasteiger partial charge in [0.1, 0.15) is 0 Å². The number of nitrogens with one attached hydrogen (secondary N) is 1. The fourth-order valence-corrected chi connectivity index (χ4v) is 2.08. The van der Waals surface area contributed by atoms with Crippen molar-refractivity contribution in [2.45, 2.75) is 5.16 Å². The monoisotopic (exact) mass is 269 g/mol. The molecule has 0 bridgehead atoms. The molecule has 0 radical (unpaired) electrons. The molecule has 0 saturated carbocycles. The Morgan fingerprint density at radius 2 is 2.06 bits per heavy atom. The van der Waals surface area contributed by atoms with E-state index in [1.54, 1.807) is 0 Å². The minimum atomic E-state index is -1.23. The maximum atomic E-state index is 11.8. The molecule has 0 unspecified atom stereocenters. The number of rotatable bonds is 3. The van der Waals surface area contributed by atoms with Crippen molar-refractivity contribution in [3.8, 4) is 0 Å². The van der Waals surface area contributed by atoms with E-state index < -0.39 is 17.2 Å². The highest BCUT2D eigenvalue weighted by molar-refractivity contribution is 7.99. The smallest absolute Gasteiger partial charge is 0.332 e. The topological polar surface area (TPSA) is 113 Å². The van der Waals surface area contributed by atoms with E-state index in [0.717, 1.165) is 16.3 Å². The molecule has 2 aromatic heterocycles. The highest BCUT2D eigenvalue weighted by Gasteiger charge is 2.13. The molecule has 96 valence electrons. The molecule has 2 rings (SSSR count). The third-order valence-corrected chi connectivity index (χ3v) is 3.25. The fraction of sp³-hybridized carbons (Fsp3) is 0.333. The molecule has 0 fully saturated rings. The molecular weight excluding hydrogens is 260 g/mol. The summed E-state index contributed by atoms with van der Waals surface area (Å²) in [6.45, 7) is 0. The Labute approximate surface area is 104 Å². The zero-order chi connectivity index (χ0) is 13.4. The molecule has 18 heavy (non-hydrogen) atoms. The van der Waals surface area contributed by atoms with E-state index in [9.17, 15) is 19.5 Å². The van der Waals surface area contributed by atoms with Crippen LogP contribution in [0.5, 0.6) is 0 Å². The number of aryl methyl sites for hydroxylation is 1. The van der Waals surface area contributed by atoms with Crippen molar-refractivity contribution in [3.63, 3.8) is 0 Å². The van der Waals surface area contributed by atoms with Crippen molar-refractivity contribution in [2.75, 3.05) is 5.75 Å². The Morgan fingerprint density at radius 1 is 1.39 bits per heavy atom. The first-order chi connectivity index (χ1) is 8.41. The Kier molecular flexibility index (Phi) is 2.99. The van der Waals surface area contributed by atoms with Crippen LogP contribution in [-0.2, 0) is 18.9 Å². The summed E-state index contributed by atoms with van der Waals surface area (Å²) in [5, 5.41) is 10.6. The number of aliphatic carboxylic acids is 1. The number of carboxylic acid groups (broad SMARTS) is 1. The van der Waals surface area contributed by atoms with Gasteiger partial charge >= 0.3 is 5.69 Å². The summed E-state index contributed by atoms with van der Waals surface area (Å²) >= 11 is 0.891. The third-order valence-electron chi connectivity index (χ3n) is 2.40. The SMILES string of the molecule is Cn1c(=O)c2[nH]c(SCC(=O)[O-])nc2n(C)c1=O. The van der Waals surface area contributed by atoms with Gasteiger partial charge in [-0.2, -0.15) is 0 Å². The van der Waals surface area contributed by atoms with Crippen LogP contribution in [0.4, 0.5) is 0 Å². The maximum Gasteiger partial charge on any atom is 0.332 e. The molecule has 0 spiro atoms. The van der Waals surface area contributed by atoms with E-state index in [1.807, 2.05) is 0 Å². The number of nitrogens with zero attached hydrogens (tertiary/aromatic N) is 3. The van der Waals surface area contributed by atoms with Gasteiger partial charge in [0, 0.05) is 19.8 Å². The van der Waals surface area contributed by atoms with Gasteiger partial charge in [0.25, 0.3) is 5.56 Å². The van der Waals surface area contributed by atoms with E-state index >= 15 is 0 Å². The van der Waals surface area contributed by atoms with E-state index in [-0.39, 0.29) is 22.1 Å². The Hall–Kier alpha value is -2.03. The summed E-state index contributed by atoms with van der Waals surface area (Å²) in [5.41, 5.74) is -0.624. The number of hydrogen-bond donors (Lipinski definition) is 1. The van der Waals surface area contributed by atoms with Gasteiger partial charge in [-0.05, 0) is 0 Å². The van der Waals surface area contributed by atoms with Crippen LogP contribution >= 0.6 is 11.8 Å². The van der Waals surface area contributed by atoms with Gasteiger partial charge in [0.2, 0.25) is 0 Å². The third kappa shape index (κ3) is 1.92. The Balaban J connectivity index is 2.61. The van der Waals surface area contributed by atoms with E-state index in [4.69, 9.17) is 0 Å². The summed E-state index contributed by atoms with van der Waals surface area (Å²) in [5.74, 6) is -1.52. The number of aromatic amines is 1. The van der Waals surface area contributed by atoms with Crippen LogP contribution in [0.15, 0.2) is 14.7 Å². The second kappa shape index (κ2) is 4.33. The zero-order valence-corrected chi connectivity index (χ0v) is 10.4. The molecule has 2 aromatic rings. The van der Waals surface area contributed by atoms with Gasteiger partial charge in [-0.25, -0.2) is 9.78 Å². The lowest BCUT2D eigenvalue weighted by Crippen LogP contribution is -2.36. The average molecular weight is 269 g/mol. The van der Waals surface area contributed by atoms with E-state index in [2.05, 4.69) is 9.97 Å². The number of carbonyl (C=O) groups excluding carboxylic acids is 1. The minimum absolute atomic E-state index is 0.167. The van der Waals surface area contributed by atoms with Gasteiger partial charge in [-0.3, -0.25) is 13.9 Å². The van der Waals surface area contributed by atoms with Crippen LogP contribution in [-0.4, -0.2) is 30.8 Å². The lowest BCUT2D eigenvalue weighted by Gasteiger charge is -2.00. The number of hydrogen-bond acceptors (Lipinski definition) is 6. The molecule has 0 aromatic carbocycles. The van der Waals surface area contributed by atoms with E-state index in [1.165, 1.54) is 18.7 Å². The summed E-state index contributed by atoms with van der Waals surface area (Å²) in [4.78, 5) is 40.5. The van der Waals surface area contributed by atoms with Crippen LogP contribution in [0.25, 0.3) is 11.2 Å². The summed E-state index contributed by atoms with van der Waals surface area (Å²) in [6.07, 6.45) is 0. The van der Waals surface area contributed by atoms with Crippen molar-refractivity contribution < 1.29 is 9.90 Å². The number of H-pyrrole nitrogens is 1. The average Bonchev–Trinajstić information content (AvgIpc) is 2.75. The second-order valence-corrected chi connectivity index (χ2v) is 4.57. The predicted octanol–water partition coefficient (Wildman–Crippen LogP) is -2.20. The number of imidazole rings is 1. The Morgan fingerprint density at radius 3 is 2.67 bits per heavy atom. The van der Waals surface area contributed by atoms with Gasteiger partial charge in [-0.15, -0.1) is 0 Å². The van der Waals surface area contributed by atoms with Gasteiger partial charge in [0.05, 0.1) is 5.97 Å². The first-order valence-corrected chi connectivity index (χ1v) is 5.88. The molecule has 9 heteroatoms. The number of carboxylic acids is 1. The van der Waals surface area contributed by atoms with Crippen molar-refractivity contribution in [1.82, 2.24) is 19.1 Å². The highest BCUT2D eigenvalue weighted by atomic mass is 32.2. The maximum absolute atomic E-state index is 11.8. The van der Waals surface area contributed by atoms with Crippen LogP contribution in [0.2, 0.25) is 0 Å². The lowest BCUT2D eigenvalue weighted by atomic mass is 10.5. The first-order valence-electron chi connectivity index (χ1n) is 4.90. The normalized spacial score (nSPS) is 11.0. The molecule has 0 amide bonds. The van der Waals surface area contributed by atoms with Gasteiger partial charge < -0.3 is 14.9 Å². The first kappa shape index (κ1) is 12.4. The number of carbonyl (C=O) groups is 1. The van der Waals surface area contributed by atoms with Crippen molar-refractivity contribution >= 4 is 28.9 Å². The van der Waals surface area contributed by atoms with Crippen molar-refractivity contribution in [1.29, 1.82) is 0 Å². The molecule has 0 aliphatic heterocycles. The van der Waals surface area contributed by atoms with Gasteiger partial charge in [-0.1, -0.05) is 11.8 Å². The van der Waals surface area contributed by atoms with Gasteiger partial charge in [0.15, 0.2) is 16.3 Å². The summed E-state index contributed by atoms with van der Waals surface area (Å²) in [7, 11) is 2.84. The predicted molar refractivity (Wildman–Crippen MR) is 62.3 cm³/mol. The number of aromatic nitrogens is 4. The molecule has 0 saturated heterocycles. The van der Waals surface area contributed by atoms with Crippen molar-refractivity contribution in [2.24, 2.45) is 14.1 Å². The van der Waals surface area contributed by atoms with Crippen LogP contribution < -0.4 is 16.4 Å². The number of thioether (sulfide) groups is 1. The van der Waals surface area contributed by atoms with Crippen LogP contribution in [0, 0.1) is 0 Å². The van der Waals surface area contributed by atoms with Crippen LogP contribution in [0.3, 0.4) is 0 Å². The largest absolute Gasteiger partial charge is 0.549 e. The molecule has 0 atom stereocenters. The van der Waals surface area contributed by atoms with E-state index in [0.29, 0.717) is 0 Å². The number of fused-ring (bicyclic) bond motifs is 1. The molecule has 2 heterocycles. The van der Waals surface area contributed by atoms with Crippen LogP contribution in [0.1, 0.15) is 0 Å². The summed E-state index contributed by atoms with van der Waals surface area (Å²) in [6, 6.07) is 0. The zero-order valence-electron chi connectivity index (χ0n) is 9.59. The molecule has 0 aliphatic rings. The second-order valence-electron chi connectivity index (χ2n) is 3.61. The molecule has 8 nitrogen and oxygen atoms in total. The quantitative estimate of drug-likeness (QED) is 0.633. The Bertz CT molecular complexity index is 741. The lowest BCUT2D eigenvalue weighted by molar-refractivity contribution is -0.301.